The molecule has 1 saturated heterocycles. The number of hydroxylamine groups is 1. The van der Waals surface area contributed by atoms with Crippen molar-refractivity contribution in [3.8, 4) is 5.75 Å². The lowest BCUT2D eigenvalue weighted by Gasteiger charge is -2.30. The highest BCUT2D eigenvalue weighted by Gasteiger charge is 2.24. The van der Waals surface area contributed by atoms with E-state index in [4.69, 9.17) is 14.5 Å². The second-order valence-corrected chi connectivity index (χ2v) is 6.83. The third-order valence-corrected chi connectivity index (χ3v) is 4.76. The van der Waals surface area contributed by atoms with Crippen molar-refractivity contribution in [3.05, 3.63) is 47.6 Å². The van der Waals surface area contributed by atoms with Gasteiger partial charge in [0, 0.05) is 12.0 Å². The number of amides is 1. The summed E-state index contributed by atoms with van der Waals surface area (Å²) in [5.41, 5.74) is 2.35. The van der Waals surface area contributed by atoms with E-state index in [-0.39, 0.29) is 6.61 Å². The fraction of sp³-hybridized carbons (Fsp3) is 0.450. The molecule has 28 heavy (non-hydrogen) atoms. The van der Waals surface area contributed by atoms with E-state index >= 15 is 0 Å². The molecule has 0 saturated carbocycles. The van der Waals surface area contributed by atoms with Gasteiger partial charge in [0.25, 0.3) is 11.8 Å². The van der Waals surface area contributed by atoms with Crippen molar-refractivity contribution in [2.24, 2.45) is 0 Å². The van der Waals surface area contributed by atoms with Crippen LogP contribution in [-0.4, -0.2) is 45.8 Å². The molecule has 0 unspecified atom stereocenters. The highest BCUT2D eigenvalue weighted by molar-refractivity contribution is 5.90. The molecule has 0 spiro atoms. The molecule has 3 rings (SSSR count). The highest BCUT2D eigenvalue weighted by atomic mass is 16.5. The van der Waals surface area contributed by atoms with Crippen LogP contribution < -0.4 is 10.2 Å². The molecule has 1 fully saturated rings. The molecular weight excluding hydrogens is 360 g/mol. The van der Waals surface area contributed by atoms with Crippen LogP contribution in [0, 0.1) is 0 Å². The summed E-state index contributed by atoms with van der Waals surface area (Å²) in [5, 5.41) is 12.6. The summed E-state index contributed by atoms with van der Waals surface area (Å²) in [6.07, 6.45) is 6.13. The number of nitrogens with zero attached hydrogens (tertiary/aromatic N) is 3. The van der Waals surface area contributed by atoms with E-state index in [2.05, 4.69) is 22.0 Å². The Kier molecular flexibility index (Phi) is 7.16. The third kappa shape index (κ3) is 5.64. The van der Waals surface area contributed by atoms with E-state index in [1.54, 1.807) is 35.8 Å². The zero-order chi connectivity index (χ0) is 19.8. The van der Waals surface area contributed by atoms with Crippen LogP contribution >= 0.6 is 0 Å². The first kappa shape index (κ1) is 20.0. The zero-order valence-electron chi connectivity index (χ0n) is 16.0. The molecule has 1 aromatic heterocycles. The molecule has 8 heteroatoms. The van der Waals surface area contributed by atoms with Crippen LogP contribution in [0.25, 0.3) is 6.08 Å². The average molecular weight is 386 g/mol. The molecule has 2 heterocycles. The number of benzene rings is 1. The van der Waals surface area contributed by atoms with Crippen LogP contribution in [0.1, 0.15) is 49.4 Å². The van der Waals surface area contributed by atoms with Crippen molar-refractivity contribution in [2.75, 3.05) is 19.6 Å². The SMILES string of the molecule is CCCN1CCC(c2noc(COc3ccc(C=CC(=O)NO)cc3)n2)CC1. The van der Waals surface area contributed by atoms with Gasteiger partial charge in [-0.1, -0.05) is 24.2 Å². The predicted octanol–water partition coefficient (Wildman–Crippen LogP) is 2.76. The first-order chi connectivity index (χ1) is 13.7. The maximum Gasteiger partial charge on any atom is 0.267 e. The Morgan fingerprint density at radius 2 is 2.11 bits per heavy atom. The summed E-state index contributed by atoms with van der Waals surface area (Å²) in [4.78, 5) is 18.0. The van der Waals surface area contributed by atoms with Gasteiger partial charge in [0.15, 0.2) is 12.4 Å². The number of carbonyl (C=O) groups excluding carboxylic acids is 1. The summed E-state index contributed by atoms with van der Waals surface area (Å²) in [7, 11) is 0. The van der Waals surface area contributed by atoms with Crippen LogP contribution in [0.3, 0.4) is 0 Å². The summed E-state index contributed by atoms with van der Waals surface area (Å²) >= 11 is 0. The molecule has 2 aromatic rings. The van der Waals surface area contributed by atoms with Crippen molar-refractivity contribution in [3.63, 3.8) is 0 Å². The molecule has 2 N–H and O–H groups in total. The predicted molar refractivity (Wildman–Crippen MR) is 103 cm³/mol. The number of likely N-dealkylation sites (tertiary alicyclic amines) is 1. The lowest BCUT2D eigenvalue weighted by atomic mass is 9.96. The number of hydrogen-bond acceptors (Lipinski definition) is 7. The molecule has 8 nitrogen and oxygen atoms in total. The van der Waals surface area contributed by atoms with Gasteiger partial charge in [-0.2, -0.15) is 4.98 Å². The van der Waals surface area contributed by atoms with Crippen molar-refractivity contribution in [2.45, 2.75) is 38.7 Å². The standard InChI is InChI=1S/C20H26N4O4/c1-2-11-24-12-9-16(10-13-24)20-21-19(28-23-20)14-27-17-6-3-15(4-7-17)5-8-18(25)22-26/h3-8,16,26H,2,9-14H2,1H3,(H,22,25). The molecule has 0 atom stereocenters. The number of rotatable bonds is 8. The first-order valence-electron chi connectivity index (χ1n) is 9.57. The number of ether oxygens (including phenoxy) is 1. The first-order valence-corrected chi connectivity index (χ1v) is 9.57. The Balaban J connectivity index is 1.48. The van der Waals surface area contributed by atoms with E-state index in [0.717, 1.165) is 43.9 Å². The maximum absolute atomic E-state index is 11.0. The topological polar surface area (TPSA) is 101 Å². The van der Waals surface area contributed by atoms with Gasteiger partial charge in [0.2, 0.25) is 0 Å². The molecule has 1 aliphatic rings. The van der Waals surface area contributed by atoms with E-state index < -0.39 is 5.91 Å². The summed E-state index contributed by atoms with van der Waals surface area (Å²) in [6.45, 7) is 5.74. The largest absolute Gasteiger partial charge is 0.484 e. The molecule has 0 aliphatic carbocycles. The van der Waals surface area contributed by atoms with E-state index in [9.17, 15) is 4.79 Å². The van der Waals surface area contributed by atoms with E-state index in [1.165, 1.54) is 12.5 Å². The molecular formula is C20H26N4O4. The fourth-order valence-corrected chi connectivity index (χ4v) is 3.25. The Hall–Kier alpha value is -2.71. The van der Waals surface area contributed by atoms with Crippen molar-refractivity contribution in [1.82, 2.24) is 20.5 Å². The van der Waals surface area contributed by atoms with Gasteiger partial charge in [-0.15, -0.1) is 0 Å². The molecule has 0 bridgehead atoms. The van der Waals surface area contributed by atoms with Gasteiger partial charge in [0.05, 0.1) is 0 Å². The number of aromatic nitrogens is 2. The van der Waals surface area contributed by atoms with Crippen molar-refractivity contribution < 1.29 is 19.3 Å². The van der Waals surface area contributed by atoms with E-state index in [1.807, 2.05) is 0 Å². The number of hydrogen-bond donors (Lipinski definition) is 2. The molecule has 1 aromatic carbocycles. The van der Waals surface area contributed by atoms with Crippen LogP contribution in [0.4, 0.5) is 0 Å². The lowest BCUT2D eigenvalue weighted by molar-refractivity contribution is -0.124. The van der Waals surface area contributed by atoms with Gasteiger partial charge < -0.3 is 14.2 Å². The molecule has 1 aliphatic heterocycles. The second kappa shape index (κ2) is 10.0. The molecule has 150 valence electrons. The quantitative estimate of drug-likeness (QED) is 0.409. The summed E-state index contributed by atoms with van der Waals surface area (Å²) < 4.78 is 11.0. The average Bonchev–Trinajstić information content (AvgIpc) is 3.21. The normalized spacial score (nSPS) is 15.8. The fourth-order valence-electron chi connectivity index (χ4n) is 3.25. The number of nitrogens with one attached hydrogen (secondary N) is 1. The minimum atomic E-state index is -0.580. The minimum Gasteiger partial charge on any atom is -0.484 e. The van der Waals surface area contributed by atoms with Gasteiger partial charge in [-0.05, 0) is 62.7 Å². The van der Waals surface area contributed by atoms with Crippen LogP contribution in [-0.2, 0) is 11.4 Å². The number of piperidine rings is 1. The summed E-state index contributed by atoms with van der Waals surface area (Å²) in [5.74, 6) is 1.68. The Labute approximate surface area is 164 Å². The second-order valence-electron chi connectivity index (χ2n) is 6.83. The molecule has 1 amide bonds. The molecule has 0 radical (unpaired) electrons. The smallest absolute Gasteiger partial charge is 0.267 e. The Morgan fingerprint density at radius 1 is 1.36 bits per heavy atom. The summed E-state index contributed by atoms with van der Waals surface area (Å²) in [6, 6.07) is 7.19. The van der Waals surface area contributed by atoms with Crippen molar-refractivity contribution in [1.29, 1.82) is 0 Å². The van der Waals surface area contributed by atoms with E-state index in [0.29, 0.717) is 17.6 Å². The maximum atomic E-state index is 11.0. The highest BCUT2D eigenvalue weighted by Crippen LogP contribution is 2.26. The Morgan fingerprint density at radius 3 is 2.79 bits per heavy atom. The van der Waals surface area contributed by atoms with Gasteiger partial charge in [-0.3, -0.25) is 10.0 Å². The zero-order valence-corrected chi connectivity index (χ0v) is 16.0. The third-order valence-electron chi connectivity index (χ3n) is 4.76. The van der Waals surface area contributed by atoms with Gasteiger partial charge >= 0.3 is 0 Å². The van der Waals surface area contributed by atoms with Crippen LogP contribution in [0.5, 0.6) is 5.75 Å². The lowest BCUT2D eigenvalue weighted by Crippen LogP contribution is -2.33. The Bertz CT molecular complexity index is 780. The van der Waals surface area contributed by atoms with Crippen molar-refractivity contribution >= 4 is 12.0 Å². The monoisotopic (exact) mass is 386 g/mol. The van der Waals surface area contributed by atoms with Gasteiger partial charge in [0.1, 0.15) is 5.75 Å². The van der Waals surface area contributed by atoms with Gasteiger partial charge in [-0.25, -0.2) is 5.48 Å². The van der Waals surface area contributed by atoms with Crippen LogP contribution in [0.2, 0.25) is 0 Å². The number of carbonyl (C=O) groups is 1. The minimum absolute atomic E-state index is 0.212. The van der Waals surface area contributed by atoms with Crippen LogP contribution in [0.15, 0.2) is 34.9 Å².